The number of carbonyl (C=O) groups excluding carboxylic acids is 1. The fraction of sp³-hybridized carbons (Fsp3) is 0.500. The Morgan fingerprint density at radius 3 is 2.90 bits per heavy atom. The average Bonchev–Trinajstić information content (AvgIpc) is 2.44. The van der Waals surface area contributed by atoms with Crippen LogP contribution in [0.5, 0.6) is 5.75 Å². The summed E-state index contributed by atoms with van der Waals surface area (Å²) in [5, 5.41) is 13.1. The third-order valence-corrected chi connectivity index (χ3v) is 3.44. The molecular weight excluding hydrogens is 301 g/mol. The highest BCUT2D eigenvalue weighted by Crippen LogP contribution is 2.31. The fourth-order valence-corrected chi connectivity index (χ4v) is 1.84. The van der Waals surface area contributed by atoms with Crippen molar-refractivity contribution in [1.29, 1.82) is 0 Å². The highest BCUT2D eigenvalue weighted by Gasteiger charge is 2.10. The summed E-state index contributed by atoms with van der Waals surface area (Å²) >= 11 is 11.8. The lowest BCUT2D eigenvalue weighted by molar-refractivity contribution is -0.121. The first-order chi connectivity index (χ1) is 9.54. The molecule has 0 spiro atoms. The summed E-state index contributed by atoms with van der Waals surface area (Å²) in [6.45, 7) is 2.21. The van der Waals surface area contributed by atoms with Gasteiger partial charge >= 0.3 is 0 Å². The number of ether oxygens (including phenoxy) is 1. The Kier molecular flexibility index (Phi) is 7.73. The van der Waals surface area contributed by atoms with Gasteiger partial charge < -0.3 is 15.2 Å². The Morgan fingerprint density at radius 2 is 2.20 bits per heavy atom. The van der Waals surface area contributed by atoms with Crippen LogP contribution >= 0.6 is 23.2 Å². The molecule has 2 N–H and O–H groups in total. The van der Waals surface area contributed by atoms with Crippen LogP contribution < -0.4 is 10.1 Å². The number of aliphatic hydroxyl groups excluding tert-OH is 1. The van der Waals surface area contributed by atoms with E-state index in [4.69, 9.17) is 27.9 Å². The standard InChI is InChI=1S/C14H19Cl2NO3/c1-2-3-7-13(19)17-8-10(18)9-20-12-6-4-5-11(15)14(12)16/h4-6,10,18H,2-3,7-9H2,1H3,(H,17,19). The second kappa shape index (κ2) is 9.06. The number of carbonyl (C=O) groups is 1. The summed E-state index contributed by atoms with van der Waals surface area (Å²) in [5.41, 5.74) is 0. The van der Waals surface area contributed by atoms with Gasteiger partial charge in [0.1, 0.15) is 23.5 Å². The van der Waals surface area contributed by atoms with Gasteiger partial charge in [0.15, 0.2) is 0 Å². The molecule has 0 saturated heterocycles. The van der Waals surface area contributed by atoms with E-state index >= 15 is 0 Å². The Hall–Kier alpha value is -0.970. The molecule has 0 fully saturated rings. The maximum atomic E-state index is 11.4. The monoisotopic (exact) mass is 319 g/mol. The van der Waals surface area contributed by atoms with Crippen LogP contribution in [-0.2, 0) is 4.79 Å². The van der Waals surface area contributed by atoms with Gasteiger partial charge in [0.05, 0.1) is 5.02 Å². The van der Waals surface area contributed by atoms with Crippen molar-refractivity contribution >= 4 is 29.1 Å². The second-order valence-electron chi connectivity index (χ2n) is 4.42. The van der Waals surface area contributed by atoms with Gasteiger partial charge in [-0.15, -0.1) is 0 Å². The normalized spacial score (nSPS) is 12.0. The molecule has 0 saturated carbocycles. The van der Waals surface area contributed by atoms with Gasteiger partial charge in [-0.1, -0.05) is 42.6 Å². The van der Waals surface area contributed by atoms with Crippen molar-refractivity contribution in [1.82, 2.24) is 5.32 Å². The minimum atomic E-state index is -0.796. The highest BCUT2D eigenvalue weighted by atomic mass is 35.5. The van der Waals surface area contributed by atoms with E-state index in [9.17, 15) is 9.90 Å². The van der Waals surface area contributed by atoms with Crippen molar-refractivity contribution in [2.75, 3.05) is 13.2 Å². The molecule has 0 aliphatic rings. The second-order valence-corrected chi connectivity index (χ2v) is 5.21. The minimum absolute atomic E-state index is 0.0358. The van der Waals surface area contributed by atoms with Gasteiger partial charge in [-0.2, -0.15) is 0 Å². The van der Waals surface area contributed by atoms with Gasteiger partial charge in [0.2, 0.25) is 5.91 Å². The molecule has 0 aliphatic heterocycles. The summed E-state index contributed by atoms with van der Waals surface area (Å²) < 4.78 is 5.38. The van der Waals surface area contributed by atoms with Gasteiger partial charge in [0, 0.05) is 13.0 Å². The largest absolute Gasteiger partial charge is 0.489 e. The lowest BCUT2D eigenvalue weighted by Gasteiger charge is -2.14. The van der Waals surface area contributed by atoms with E-state index in [2.05, 4.69) is 5.32 Å². The third kappa shape index (κ3) is 5.99. The molecule has 1 rings (SSSR count). The first-order valence-electron chi connectivity index (χ1n) is 6.56. The van der Waals surface area contributed by atoms with Crippen LogP contribution in [0.4, 0.5) is 0 Å². The molecule has 1 amide bonds. The number of benzene rings is 1. The SMILES string of the molecule is CCCCC(=O)NCC(O)COc1cccc(Cl)c1Cl. The lowest BCUT2D eigenvalue weighted by Crippen LogP contribution is -2.35. The first kappa shape index (κ1) is 17.1. The number of amides is 1. The molecule has 1 aromatic carbocycles. The van der Waals surface area contributed by atoms with E-state index in [1.807, 2.05) is 6.92 Å². The van der Waals surface area contributed by atoms with Crippen LogP contribution in [0.25, 0.3) is 0 Å². The van der Waals surface area contributed by atoms with Crippen LogP contribution in [0.3, 0.4) is 0 Å². The zero-order chi connectivity index (χ0) is 15.0. The Balaban J connectivity index is 2.31. The number of hydrogen-bond acceptors (Lipinski definition) is 3. The van der Waals surface area contributed by atoms with Crippen LogP contribution in [0, 0.1) is 0 Å². The zero-order valence-corrected chi connectivity index (χ0v) is 12.9. The molecule has 1 atom stereocenters. The number of aliphatic hydroxyl groups is 1. The van der Waals surface area contributed by atoms with E-state index in [0.29, 0.717) is 22.2 Å². The number of hydrogen-bond donors (Lipinski definition) is 2. The van der Waals surface area contributed by atoms with Gasteiger partial charge in [0.25, 0.3) is 0 Å². The van der Waals surface area contributed by atoms with E-state index < -0.39 is 6.10 Å². The molecule has 0 aliphatic carbocycles. The van der Waals surface area contributed by atoms with E-state index in [-0.39, 0.29) is 19.1 Å². The number of rotatable bonds is 8. The summed E-state index contributed by atoms with van der Waals surface area (Å²) in [5.74, 6) is 0.349. The predicted molar refractivity (Wildman–Crippen MR) is 80.5 cm³/mol. The Labute approximate surface area is 129 Å². The van der Waals surface area contributed by atoms with Crippen molar-refractivity contribution in [2.24, 2.45) is 0 Å². The molecule has 4 nitrogen and oxygen atoms in total. The molecule has 20 heavy (non-hydrogen) atoms. The molecule has 6 heteroatoms. The van der Waals surface area contributed by atoms with E-state index in [1.165, 1.54) is 0 Å². The van der Waals surface area contributed by atoms with Gasteiger partial charge in [-0.3, -0.25) is 4.79 Å². The minimum Gasteiger partial charge on any atom is -0.489 e. The molecular formula is C14H19Cl2NO3. The molecule has 0 aromatic heterocycles. The Morgan fingerprint density at radius 1 is 1.45 bits per heavy atom. The highest BCUT2D eigenvalue weighted by molar-refractivity contribution is 6.42. The van der Waals surface area contributed by atoms with Crippen molar-refractivity contribution in [3.8, 4) is 5.75 Å². The van der Waals surface area contributed by atoms with Crippen molar-refractivity contribution in [3.63, 3.8) is 0 Å². The zero-order valence-electron chi connectivity index (χ0n) is 11.4. The van der Waals surface area contributed by atoms with E-state index in [1.54, 1.807) is 18.2 Å². The predicted octanol–water partition coefficient (Wildman–Crippen LogP) is 3.04. The summed E-state index contributed by atoms with van der Waals surface area (Å²) in [6.07, 6.45) is 1.49. The molecule has 0 heterocycles. The molecule has 112 valence electrons. The molecule has 1 aromatic rings. The molecule has 0 bridgehead atoms. The maximum Gasteiger partial charge on any atom is 0.220 e. The quantitative estimate of drug-likeness (QED) is 0.774. The Bertz CT molecular complexity index is 440. The maximum absolute atomic E-state index is 11.4. The number of unbranched alkanes of at least 4 members (excludes halogenated alkanes) is 1. The summed E-state index contributed by atoms with van der Waals surface area (Å²) in [7, 11) is 0. The number of nitrogens with one attached hydrogen (secondary N) is 1. The van der Waals surface area contributed by atoms with Gasteiger partial charge in [-0.25, -0.2) is 0 Å². The first-order valence-corrected chi connectivity index (χ1v) is 7.31. The number of halogens is 2. The fourth-order valence-electron chi connectivity index (χ4n) is 1.50. The van der Waals surface area contributed by atoms with Crippen LogP contribution in [-0.4, -0.2) is 30.3 Å². The lowest BCUT2D eigenvalue weighted by atomic mass is 10.2. The van der Waals surface area contributed by atoms with Crippen LogP contribution in [0.1, 0.15) is 26.2 Å². The molecule has 0 radical (unpaired) electrons. The average molecular weight is 320 g/mol. The van der Waals surface area contributed by atoms with Crippen molar-refractivity contribution < 1.29 is 14.6 Å². The molecule has 1 unspecified atom stereocenters. The third-order valence-electron chi connectivity index (χ3n) is 2.64. The summed E-state index contributed by atoms with van der Waals surface area (Å²) in [4.78, 5) is 11.4. The van der Waals surface area contributed by atoms with Crippen LogP contribution in [0.15, 0.2) is 18.2 Å². The van der Waals surface area contributed by atoms with Crippen LogP contribution in [0.2, 0.25) is 10.0 Å². The van der Waals surface area contributed by atoms with Crippen molar-refractivity contribution in [2.45, 2.75) is 32.3 Å². The smallest absolute Gasteiger partial charge is 0.220 e. The summed E-state index contributed by atoms with van der Waals surface area (Å²) in [6, 6.07) is 5.03. The topological polar surface area (TPSA) is 58.6 Å². The van der Waals surface area contributed by atoms with Gasteiger partial charge in [-0.05, 0) is 18.6 Å². The van der Waals surface area contributed by atoms with E-state index in [0.717, 1.165) is 12.8 Å². The van der Waals surface area contributed by atoms with Crippen molar-refractivity contribution in [3.05, 3.63) is 28.2 Å².